The number of hydrogen-bond acceptors (Lipinski definition) is 3. The van der Waals surface area contributed by atoms with Gasteiger partial charge >= 0.3 is 5.97 Å². The van der Waals surface area contributed by atoms with Crippen molar-refractivity contribution < 1.29 is 14.3 Å². The summed E-state index contributed by atoms with van der Waals surface area (Å²) in [6.07, 6.45) is 16.9. The van der Waals surface area contributed by atoms with Gasteiger partial charge in [-0.3, -0.25) is 0 Å². The molecule has 3 atom stereocenters. The first-order valence-electron chi connectivity index (χ1n) is 11.4. The van der Waals surface area contributed by atoms with Gasteiger partial charge in [-0.05, 0) is 43.4 Å². The monoisotopic (exact) mass is 380 g/mol. The van der Waals surface area contributed by atoms with Crippen LogP contribution in [0, 0.1) is 17.8 Å². The SMILES string of the molecule is C=CC(=O)OCCCCCCCCCCCO[C@@H]1C[C@H](C)CC[C@H]1C(C)C. The number of rotatable bonds is 15. The van der Waals surface area contributed by atoms with E-state index in [-0.39, 0.29) is 5.97 Å². The highest BCUT2D eigenvalue weighted by Gasteiger charge is 2.31. The summed E-state index contributed by atoms with van der Waals surface area (Å²) in [7, 11) is 0. The molecule has 0 amide bonds. The first-order valence-corrected chi connectivity index (χ1v) is 11.4. The van der Waals surface area contributed by atoms with Crippen LogP contribution in [0.3, 0.4) is 0 Å². The summed E-state index contributed by atoms with van der Waals surface area (Å²) >= 11 is 0. The summed E-state index contributed by atoms with van der Waals surface area (Å²) in [5, 5.41) is 0. The molecule has 0 unspecified atom stereocenters. The van der Waals surface area contributed by atoms with Gasteiger partial charge < -0.3 is 9.47 Å². The van der Waals surface area contributed by atoms with Gasteiger partial charge in [-0.15, -0.1) is 0 Å². The Balaban J connectivity index is 1.90. The van der Waals surface area contributed by atoms with E-state index in [1.807, 2.05) is 0 Å². The third-order valence-corrected chi connectivity index (χ3v) is 5.99. The Hall–Kier alpha value is -0.830. The van der Waals surface area contributed by atoms with Crippen LogP contribution in [0.1, 0.15) is 97.8 Å². The molecule has 0 saturated heterocycles. The van der Waals surface area contributed by atoms with Crippen molar-refractivity contribution in [1.29, 1.82) is 0 Å². The third kappa shape index (κ3) is 11.6. The Labute approximate surface area is 168 Å². The highest BCUT2D eigenvalue weighted by atomic mass is 16.5. The maximum Gasteiger partial charge on any atom is 0.330 e. The number of unbranched alkanes of at least 4 members (excludes halogenated alkanes) is 8. The number of ether oxygens (including phenoxy) is 2. The number of carbonyl (C=O) groups is 1. The Kier molecular flexibility index (Phi) is 13.6. The van der Waals surface area contributed by atoms with E-state index >= 15 is 0 Å². The average molecular weight is 381 g/mol. The summed E-state index contributed by atoms with van der Waals surface area (Å²) in [6.45, 7) is 11.9. The van der Waals surface area contributed by atoms with Crippen LogP contribution in [-0.2, 0) is 14.3 Å². The van der Waals surface area contributed by atoms with Crippen LogP contribution in [0.4, 0.5) is 0 Å². The Morgan fingerprint density at radius 1 is 0.963 bits per heavy atom. The first-order chi connectivity index (χ1) is 13.0. The van der Waals surface area contributed by atoms with E-state index in [1.54, 1.807) is 0 Å². The largest absolute Gasteiger partial charge is 0.463 e. The van der Waals surface area contributed by atoms with E-state index in [1.165, 1.54) is 70.3 Å². The topological polar surface area (TPSA) is 35.5 Å². The summed E-state index contributed by atoms with van der Waals surface area (Å²) < 4.78 is 11.3. The fourth-order valence-corrected chi connectivity index (χ4v) is 4.21. The second kappa shape index (κ2) is 15.1. The molecular weight excluding hydrogens is 336 g/mol. The molecule has 0 heterocycles. The number of hydrogen-bond donors (Lipinski definition) is 0. The van der Waals surface area contributed by atoms with Crippen LogP contribution < -0.4 is 0 Å². The third-order valence-electron chi connectivity index (χ3n) is 5.99. The molecule has 0 aliphatic heterocycles. The van der Waals surface area contributed by atoms with Gasteiger partial charge in [0.05, 0.1) is 12.7 Å². The second-order valence-electron chi connectivity index (χ2n) is 8.79. The van der Waals surface area contributed by atoms with Crippen molar-refractivity contribution >= 4 is 5.97 Å². The first kappa shape index (κ1) is 24.2. The van der Waals surface area contributed by atoms with Crippen molar-refractivity contribution in [3.63, 3.8) is 0 Å². The van der Waals surface area contributed by atoms with Crippen LogP contribution in [0.15, 0.2) is 12.7 Å². The molecule has 0 aromatic rings. The summed E-state index contributed by atoms with van der Waals surface area (Å²) in [5.74, 6) is 2.04. The molecule has 3 heteroatoms. The predicted molar refractivity (Wildman–Crippen MR) is 114 cm³/mol. The zero-order chi connectivity index (χ0) is 19.9. The summed E-state index contributed by atoms with van der Waals surface area (Å²) in [5.41, 5.74) is 0. The van der Waals surface area contributed by atoms with Crippen molar-refractivity contribution in [1.82, 2.24) is 0 Å². The lowest BCUT2D eigenvalue weighted by Gasteiger charge is -2.37. The van der Waals surface area contributed by atoms with Crippen LogP contribution in [0.5, 0.6) is 0 Å². The van der Waals surface area contributed by atoms with Crippen molar-refractivity contribution in [2.24, 2.45) is 17.8 Å². The van der Waals surface area contributed by atoms with Gasteiger partial charge in [0.2, 0.25) is 0 Å². The molecule has 1 rings (SSSR count). The zero-order valence-electron chi connectivity index (χ0n) is 18.2. The van der Waals surface area contributed by atoms with Crippen molar-refractivity contribution in [3.8, 4) is 0 Å². The molecule has 158 valence electrons. The maximum absolute atomic E-state index is 10.9. The minimum atomic E-state index is -0.309. The molecule has 1 aliphatic carbocycles. The Bertz CT molecular complexity index is 391. The van der Waals surface area contributed by atoms with Crippen LogP contribution >= 0.6 is 0 Å². The second-order valence-corrected chi connectivity index (χ2v) is 8.79. The highest BCUT2D eigenvalue weighted by molar-refractivity contribution is 5.81. The molecule has 0 bridgehead atoms. The van der Waals surface area contributed by atoms with Gasteiger partial charge in [0, 0.05) is 12.7 Å². The zero-order valence-corrected chi connectivity index (χ0v) is 18.2. The van der Waals surface area contributed by atoms with E-state index < -0.39 is 0 Å². The number of esters is 1. The summed E-state index contributed by atoms with van der Waals surface area (Å²) in [6, 6.07) is 0. The standard InChI is InChI=1S/C24H44O3/c1-5-24(25)27-18-14-12-10-8-6-7-9-11-13-17-26-23-19-21(4)15-16-22(23)20(2)3/h5,20-23H,1,6-19H2,2-4H3/t21-,22+,23-/m1/s1. The van der Waals surface area contributed by atoms with Crippen molar-refractivity contribution in [2.45, 2.75) is 104 Å². The molecule has 1 fully saturated rings. The molecule has 0 aromatic carbocycles. The molecule has 27 heavy (non-hydrogen) atoms. The highest BCUT2D eigenvalue weighted by Crippen LogP contribution is 2.35. The van der Waals surface area contributed by atoms with E-state index in [0.717, 1.165) is 37.2 Å². The number of carbonyl (C=O) groups excluding carboxylic acids is 1. The van der Waals surface area contributed by atoms with E-state index in [4.69, 9.17) is 9.47 Å². The Morgan fingerprint density at radius 3 is 2.07 bits per heavy atom. The minimum Gasteiger partial charge on any atom is -0.463 e. The summed E-state index contributed by atoms with van der Waals surface area (Å²) in [4.78, 5) is 10.9. The molecule has 3 nitrogen and oxygen atoms in total. The average Bonchev–Trinajstić information content (AvgIpc) is 2.65. The fourth-order valence-electron chi connectivity index (χ4n) is 4.21. The molecule has 1 aliphatic rings. The van der Waals surface area contributed by atoms with E-state index in [9.17, 15) is 4.79 Å². The Morgan fingerprint density at radius 2 is 1.52 bits per heavy atom. The molecule has 0 N–H and O–H groups in total. The molecule has 1 saturated carbocycles. The molecule has 0 radical (unpaired) electrons. The maximum atomic E-state index is 10.9. The van der Waals surface area contributed by atoms with Crippen molar-refractivity contribution in [3.05, 3.63) is 12.7 Å². The predicted octanol–water partition coefficient (Wildman–Crippen LogP) is 6.70. The van der Waals surface area contributed by atoms with Gasteiger partial charge in [-0.25, -0.2) is 4.79 Å². The lowest BCUT2D eigenvalue weighted by atomic mass is 9.75. The quantitative estimate of drug-likeness (QED) is 0.180. The molecular formula is C24H44O3. The lowest BCUT2D eigenvalue weighted by Crippen LogP contribution is -2.34. The van der Waals surface area contributed by atoms with E-state index in [0.29, 0.717) is 12.7 Å². The lowest BCUT2D eigenvalue weighted by molar-refractivity contribution is -0.137. The van der Waals surface area contributed by atoms with Crippen molar-refractivity contribution in [2.75, 3.05) is 13.2 Å². The molecule has 0 spiro atoms. The van der Waals surface area contributed by atoms with Gasteiger partial charge in [0.25, 0.3) is 0 Å². The smallest absolute Gasteiger partial charge is 0.330 e. The fraction of sp³-hybridized carbons (Fsp3) is 0.875. The van der Waals surface area contributed by atoms with E-state index in [2.05, 4.69) is 27.4 Å². The van der Waals surface area contributed by atoms with Crippen LogP contribution in [0.2, 0.25) is 0 Å². The van der Waals surface area contributed by atoms with Gasteiger partial charge in [-0.1, -0.05) is 78.7 Å². The normalized spacial score (nSPS) is 22.7. The van der Waals surface area contributed by atoms with Crippen LogP contribution in [0.25, 0.3) is 0 Å². The van der Waals surface area contributed by atoms with Crippen LogP contribution in [-0.4, -0.2) is 25.3 Å². The van der Waals surface area contributed by atoms with Gasteiger partial charge in [0.15, 0.2) is 0 Å². The minimum absolute atomic E-state index is 0.309. The molecule has 0 aromatic heterocycles. The van der Waals surface area contributed by atoms with Gasteiger partial charge in [0.1, 0.15) is 0 Å². The van der Waals surface area contributed by atoms with Gasteiger partial charge in [-0.2, -0.15) is 0 Å².